The Hall–Kier alpha value is -1.50. The Balaban J connectivity index is 1.99. The molecular weight excluding hydrogens is 288 g/mol. The van der Waals surface area contributed by atoms with Crippen molar-refractivity contribution in [1.29, 1.82) is 0 Å². The van der Waals surface area contributed by atoms with E-state index in [1.165, 1.54) is 23.3 Å². The number of hydrazine groups is 1. The Kier molecular flexibility index (Phi) is 2.94. The van der Waals surface area contributed by atoms with Gasteiger partial charge in [-0.3, -0.25) is 0 Å². The summed E-state index contributed by atoms with van der Waals surface area (Å²) < 4.78 is 0. The van der Waals surface area contributed by atoms with Crippen LogP contribution in [-0.4, -0.2) is 9.97 Å². The number of aryl methyl sites for hydroxylation is 2. The van der Waals surface area contributed by atoms with Gasteiger partial charge in [-0.15, -0.1) is 11.3 Å². The molecule has 102 valence electrons. The molecule has 0 bridgehead atoms. The van der Waals surface area contributed by atoms with Crippen molar-refractivity contribution >= 4 is 38.7 Å². The van der Waals surface area contributed by atoms with Crippen molar-refractivity contribution < 1.29 is 0 Å². The molecule has 0 atom stereocenters. The fourth-order valence-corrected chi connectivity index (χ4v) is 4.68. The molecule has 1 aliphatic carbocycles. The minimum Gasteiger partial charge on any atom is -0.308 e. The molecule has 4 rings (SSSR count). The summed E-state index contributed by atoms with van der Waals surface area (Å²) in [7, 11) is 0. The predicted octanol–water partition coefficient (Wildman–Crippen LogP) is 3.58. The molecular formula is C14H14N4S2. The van der Waals surface area contributed by atoms with Gasteiger partial charge in [-0.05, 0) is 42.7 Å². The summed E-state index contributed by atoms with van der Waals surface area (Å²) in [6, 6.07) is 2.04. The number of hydrogen-bond donors (Lipinski definition) is 2. The lowest BCUT2D eigenvalue weighted by Gasteiger charge is -2.11. The average molecular weight is 302 g/mol. The Labute approximate surface area is 124 Å². The molecule has 20 heavy (non-hydrogen) atoms. The zero-order chi connectivity index (χ0) is 13.5. The Morgan fingerprint density at radius 3 is 2.90 bits per heavy atom. The van der Waals surface area contributed by atoms with Crippen molar-refractivity contribution in [2.24, 2.45) is 5.84 Å². The number of fused-ring (bicyclic) bond motifs is 3. The molecule has 0 aliphatic heterocycles. The molecule has 4 nitrogen and oxygen atoms in total. The first-order valence-electron chi connectivity index (χ1n) is 6.68. The normalized spacial score (nSPS) is 14.4. The van der Waals surface area contributed by atoms with Crippen molar-refractivity contribution in [3.05, 3.63) is 27.3 Å². The van der Waals surface area contributed by atoms with E-state index in [1.54, 1.807) is 22.7 Å². The second kappa shape index (κ2) is 4.80. The van der Waals surface area contributed by atoms with Crippen molar-refractivity contribution in [3.63, 3.8) is 0 Å². The van der Waals surface area contributed by atoms with E-state index in [-0.39, 0.29) is 0 Å². The number of nitrogens with zero attached hydrogens (tertiary/aromatic N) is 2. The minimum absolute atomic E-state index is 0.755. The molecule has 0 spiro atoms. The quantitative estimate of drug-likeness (QED) is 0.561. The van der Waals surface area contributed by atoms with Crippen molar-refractivity contribution in [2.45, 2.75) is 25.7 Å². The number of thiophene rings is 2. The van der Waals surface area contributed by atoms with Gasteiger partial charge in [-0.1, -0.05) is 0 Å². The maximum absolute atomic E-state index is 5.70. The molecule has 3 aromatic heterocycles. The molecule has 0 saturated carbocycles. The van der Waals surface area contributed by atoms with E-state index in [0.29, 0.717) is 0 Å². The van der Waals surface area contributed by atoms with Gasteiger partial charge in [0.1, 0.15) is 4.83 Å². The Bertz CT molecular complexity index is 761. The van der Waals surface area contributed by atoms with Crippen molar-refractivity contribution in [1.82, 2.24) is 9.97 Å². The van der Waals surface area contributed by atoms with Gasteiger partial charge in [0.15, 0.2) is 11.6 Å². The van der Waals surface area contributed by atoms with E-state index in [9.17, 15) is 0 Å². The number of aromatic nitrogens is 2. The van der Waals surface area contributed by atoms with Crippen LogP contribution < -0.4 is 11.3 Å². The molecule has 3 heterocycles. The second-order valence-corrected chi connectivity index (χ2v) is 6.81. The van der Waals surface area contributed by atoms with Crippen LogP contribution in [0.3, 0.4) is 0 Å². The number of nitrogen functional groups attached to an aromatic ring is 1. The third kappa shape index (κ3) is 1.83. The lowest BCUT2D eigenvalue weighted by Crippen LogP contribution is -2.11. The molecule has 1 aliphatic rings. The SMILES string of the molecule is NNc1nc(-c2ccsc2)nc2sc3c(c12)CCCC3. The average Bonchev–Trinajstić information content (AvgIpc) is 3.13. The fourth-order valence-electron chi connectivity index (χ4n) is 2.78. The van der Waals surface area contributed by atoms with Crippen LogP contribution in [0.15, 0.2) is 16.8 Å². The highest BCUT2D eigenvalue weighted by molar-refractivity contribution is 7.19. The van der Waals surface area contributed by atoms with Crippen LogP contribution >= 0.6 is 22.7 Å². The Morgan fingerprint density at radius 1 is 1.20 bits per heavy atom. The first-order valence-corrected chi connectivity index (χ1v) is 8.44. The highest BCUT2D eigenvalue weighted by atomic mass is 32.1. The monoisotopic (exact) mass is 302 g/mol. The van der Waals surface area contributed by atoms with E-state index in [1.807, 2.05) is 11.4 Å². The summed E-state index contributed by atoms with van der Waals surface area (Å²) in [6.07, 6.45) is 4.80. The molecule has 0 amide bonds. The highest BCUT2D eigenvalue weighted by Gasteiger charge is 2.21. The van der Waals surface area contributed by atoms with Gasteiger partial charge in [0.25, 0.3) is 0 Å². The summed E-state index contributed by atoms with van der Waals surface area (Å²) in [6.45, 7) is 0. The third-order valence-electron chi connectivity index (χ3n) is 3.73. The Morgan fingerprint density at radius 2 is 2.10 bits per heavy atom. The predicted molar refractivity (Wildman–Crippen MR) is 85.2 cm³/mol. The van der Waals surface area contributed by atoms with Crippen LogP contribution in [0.25, 0.3) is 21.6 Å². The number of rotatable bonds is 2. The number of anilines is 1. The first-order chi connectivity index (χ1) is 9.86. The fraction of sp³-hybridized carbons (Fsp3) is 0.286. The van der Waals surface area contributed by atoms with Gasteiger partial charge in [0.05, 0.1) is 5.39 Å². The van der Waals surface area contributed by atoms with Gasteiger partial charge in [0.2, 0.25) is 0 Å². The van der Waals surface area contributed by atoms with Gasteiger partial charge >= 0.3 is 0 Å². The maximum Gasteiger partial charge on any atom is 0.164 e. The van der Waals surface area contributed by atoms with Gasteiger partial charge in [-0.25, -0.2) is 15.8 Å². The van der Waals surface area contributed by atoms with E-state index in [2.05, 4.69) is 15.8 Å². The first kappa shape index (κ1) is 12.3. The molecule has 0 fully saturated rings. The summed E-state index contributed by atoms with van der Waals surface area (Å²) in [4.78, 5) is 11.9. The van der Waals surface area contributed by atoms with Gasteiger partial charge in [0, 0.05) is 15.8 Å². The highest BCUT2D eigenvalue weighted by Crippen LogP contribution is 2.39. The topological polar surface area (TPSA) is 63.8 Å². The van der Waals surface area contributed by atoms with Gasteiger partial charge in [-0.2, -0.15) is 11.3 Å². The lowest BCUT2D eigenvalue weighted by molar-refractivity contribution is 0.700. The van der Waals surface area contributed by atoms with Crippen LogP contribution in [0.5, 0.6) is 0 Å². The third-order valence-corrected chi connectivity index (χ3v) is 5.60. The van der Waals surface area contributed by atoms with Crippen LogP contribution in [0.1, 0.15) is 23.3 Å². The molecule has 0 radical (unpaired) electrons. The summed E-state index contributed by atoms with van der Waals surface area (Å²) in [5.41, 5.74) is 5.23. The number of hydrogen-bond acceptors (Lipinski definition) is 6. The minimum atomic E-state index is 0.755. The molecule has 0 unspecified atom stereocenters. The van der Waals surface area contributed by atoms with E-state index in [4.69, 9.17) is 10.8 Å². The smallest absolute Gasteiger partial charge is 0.164 e. The van der Waals surface area contributed by atoms with Crippen molar-refractivity contribution in [2.75, 3.05) is 5.43 Å². The molecule has 6 heteroatoms. The second-order valence-electron chi connectivity index (χ2n) is 4.94. The molecule has 0 saturated heterocycles. The standard InChI is InChI=1S/C14H14N4S2/c15-18-13-11-9-3-1-2-4-10(9)20-14(11)17-12(16-13)8-5-6-19-7-8/h5-7H,1-4,15H2,(H,16,17,18). The van der Waals surface area contributed by atoms with Crippen LogP contribution in [0.2, 0.25) is 0 Å². The zero-order valence-corrected chi connectivity index (χ0v) is 12.5. The number of nitrogens with one attached hydrogen (secondary N) is 1. The summed E-state index contributed by atoms with van der Waals surface area (Å²) in [5, 5.41) is 5.23. The zero-order valence-electron chi connectivity index (χ0n) is 10.8. The lowest BCUT2D eigenvalue weighted by atomic mass is 9.97. The van der Waals surface area contributed by atoms with Crippen LogP contribution in [0.4, 0.5) is 5.82 Å². The largest absolute Gasteiger partial charge is 0.308 e. The van der Waals surface area contributed by atoms with Crippen LogP contribution in [0, 0.1) is 0 Å². The molecule has 3 aromatic rings. The van der Waals surface area contributed by atoms with E-state index < -0.39 is 0 Å². The van der Waals surface area contributed by atoms with E-state index in [0.717, 1.165) is 40.3 Å². The summed E-state index contributed by atoms with van der Waals surface area (Å²) >= 11 is 3.45. The maximum atomic E-state index is 5.70. The van der Waals surface area contributed by atoms with E-state index >= 15 is 0 Å². The van der Waals surface area contributed by atoms with Crippen molar-refractivity contribution in [3.8, 4) is 11.4 Å². The number of nitrogens with two attached hydrogens (primary N) is 1. The summed E-state index contributed by atoms with van der Waals surface area (Å²) in [5.74, 6) is 7.21. The molecule has 3 N–H and O–H groups in total. The van der Waals surface area contributed by atoms with Gasteiger partial charge < -0.3 is 5.43 Å². The van der Waals surface area contributed by atoms with Crippen LogP contribution in [-0.2, 0) is 12.8 Å². The molecule has 0 aromatic carbocycles.